The highest BCUT2D eigenvalue weighted by atomic mass is 19.1. The summed E-state index contributed by atoms with van der Waals surface area (Å²) >= 11 is 0. The van der Waals surface area contributed by atoms with Gasteiger partial charge in [-0.2, -0.15) is 0 Å². The number of anilines is 2. The van der Waals surface area contributed by atoms with Crippen LogP contribution >= 0.6 is 0 Å². The molecule has 3 rings (SSSR count). The Morgan fingerprint density at radius 1 is 1.04 bits per heavy atom. The molecular weight excluding hydrogens is 311 g/mol. The maximum Gasteiger partial charge on any atom is 0.293 e. The fourth-order valence-corrected chi connectivity index (χ4v) is 2.30. The van der Waals surface area contributed by atoms with E-state index in [1.165, 1.54) is 18.2 Å². The van der Waals surface area contributed by atoms with Crippen molar-refractivity contribution in [2.45, 2.75) is 13.3 Å². The summed E-state index contributed by atoms with van der Waals surface area (Å²) in [6.07, 6.45) is 0.258. The molecule has 0 saturated carbocycles. The molecular formula is C18H15FN2O3. The molecule has 0 bridgehead atoms. The molecule has 122 valence electrons. The van der Waals surface area contributed by atoms with Gasteiger partial charge in [0.1, 0.15) is 17.1 Å². The third-order valence-electron chi connectivity index (χ3n) is 3.51. The first kappa shape index (κ1) is 15.7. The second-order valence-electron chi connectivity index (χ2n) is 5.14. The molecule has 5 nitrogen and oxygen atoms in total. The first-order valence-electron chi connectivity index (χ1n) is 7.47. The van der Waals surface area contributed by atoms with Crippen LogP contribution in [0.15, 0.2) is 52.9 Å². The first-order valence-corrected chi connectivity index (χ1v) is 7.47. The maximum absolute atomic E-state index is 13.7. The predicted octanol–water partition coefficient (Wildman–Crippen LogP) is 4.17. The van der Waals surface area contributed by atoms with Gasteiger partial charge in [-0.3, -0.25) is 9.59 Å². The lowest BCUT2D eigenvalue weighted by Crippen LogP contribution is -2.16. The molecule has 0 atom stereocenters. The molecule has 1 heterocycles. The molecule has 0 saturated heterocycles. The Bertz CT molecular complexity index is 918. The summed E-state index contributed by atoms with van der Waals surface area (Å²) in [5.41, 5.74) is 0.782. The molecule has 0 aliphatic rings. The second kappa shape index (κ2) is 6.54. The van der Waals surface area contributed by atoms with Gasteiger partial charge in [0.15, 0.2) is 0 Å². The van der Waals surface area contributed by atoms with Crippen LogP contribution in [0.3, 0.4) is 0 Å². The van der Waals surface area contributed by atoms with Gasteiger partial charge in [0.05, 0.1) is 5.69 Å². The average Bonchev–Trinajstić information content (AvgIpc) is 2.95. The number of fused-ring (bicyclic) bond motifs is 1. The van der Waals surface area contributed by atoms with Gasteiger partial charge in [0, 0.05) is 11.8 Å². The molecule has 1 aromatic heterocycles. The number of furan rings is 1. The van der Waals surface area contributed by atoms with Crippen LogP contribution in [0.4, 0.5) is 15.8 Å². The van der Waals surface area contributed by atoms with Gasteiger partial charge < -0.3 is 15.1 Å². The number of rotatable bonds is 4. The van der Waals surface area contributed by atoms with E-state index < -0.39 is 11.7 Å². The summed E-state index contributed by atoms with van der Waals surface area (Å²) in [5.74, 6) is -1.51. The minimum Gasteiger partial charge on any atom is -0.449 e. The van der Waals surface area contributed by atoms with E-state index in [0.717, 1.165) is 0 Å². The number of carbonyl (C=O) groups excluding carboxylic acids is 2. The standard InChI is InChI=1S/C18H15FN2O3/c1-2-15(22)21-16-11-7-3-6-10-14(11)24-17(16)18(23)20-13-9-5-4-8-12(13)19/h3-10H,2H2,1H3,(H,20,23)(H,21,22). The largest absolute Gasteiger partial charge is 0.449 e. The molecule has 3 aromatic rings. The van der Waals surface area contributed by atoms with Crippen LogP contribution in [0.1, 0.15) is 23.9 Å². The molecule has 2 amide bonds. The van der Waals surface area contributed by atoms with E-state index in [1.54, 1.807) is 37.3 Å². The van der Waals surface area contributed by atoms with Gasteiger partial charge in [0.25, 0.3) is 5.91 Å². The Balaban J connectivity index is 2.01. The minimum atomic E-state index is -0.636. The van der Waals surface area contributed by atoms with Crippen molar-refractivity contribution in [3.05, 3.63) is 60.1 Å². The van der Waals surface area contributed by atoms with Crippen LogP contribution < -0.4 is 10.6 Å². The van der Waals surface area contributed by atoms with Crippen LogP contribution in [-0.2, 0) is 4.79 Å². The van der Waals surface area contributed by atoms with Crippen molar-refractivity contribution in [1.29, 1.82) is 0 Å². The highest BCUT2D eigenvalue weighted by molar-refractivity contribution is 6.14. The Morgan fingerprint density at radius 2 is 1.75 bits per heavy atom. The number of halogens is 1. The van der Waals surface area contributed by atoms with Crippen molar-refractivity contribution < 1.29 is 18.4 Å². The molecule has 6 heteroatoms. The second-order valence-corrected chi connectivity index (χ2v) is 5.14. The van der Waals surface area contributed by atoms with Gasteiger partial charge >= 0.3 is 0 Å². The SMILES string of the molecule is CCC(=O)Nc1c(C(=O)Nc2ccccc2F)oc2ccccc12. The van der Waals surface area contributed by atoms with Crippen molar-refractivity contribution in [3.8, 4) is 0 Å². The molecule has 0 fully saturated rings. The van der Waals surface area contributed by atoms with E-state index >= 15 is 0 Å². The average molecular weight is 326 g/mol. The van der Waals surface area contributed by atoms with Crippen molar-refractivity contribution in [2.75, 3.05) is 10.6 Å². The lowest BCUT2D eigenvalue weighted by molar-refractivity contribution is -0.115. The zero-order valence-corrected chi connectivity index (χ0v) is 12.9. The molecule has 0 radical (unpaired) electrons. The van der Waals surface area contributed by atoms with Gasteiger partial charge in [-0.15, -0.1) is 0 Å². The van der Waals surface area contributed by atoms with Gasteiger partial charge in [-0.05, 0) is 24.3 Å². The number of para-hydroxylation sites is 2. The molecule has 0 unspecified atom stereocenters. The third kappa shape index (κ3) is 2.99. The summed E-state index contributed by atoms with van der Waals surface area (Å²) in [6.45, 7) is 1.71. The Morgan fingerprint density at radius 3 is 2.50 bits per heavy atom. The summed E-state index contributed by atoms with van der Waals surface area (Å²) in [7, 11) is 0. The van der Waals surface area contributed by atoms with Crippen molar-refractivity contribution in [1.82, 2.24) is 0 Å². The fraction of sp³-hybridized carbons (Fsp3) is 0.111. The number of carbonyl (C=O) groups is 2. The molecule has 0 aliphatic carbocycles. The van der Waals surface area contributed by atoms with Crippen LogP contribution in [-0.4, -0.2) is 11.8 Å². The normalized spacial score (nSPS) is 10.6. The van der Waals surface area contributed by atoms with E-state index in [2.05, 4.69) is 10.6 Å². The Kier molecular flexibility index (Phi) is 4.29. The van der Waals surface area contributed by atoms with Gasteiger partial charge in [0.2, 0.25) is 11.7 Å². The number of benzene rings is 2. The minimum absolute atomic E-state index is 0.0377. The molecule has 0 aliphatic heterocycles. The molecule has 2 aromatic carbocycles. The first-order chi connectivity index (χ1) is 11.6. The Labute approximate surface area is 137 Å². The van der Waals surface area contributed by atoms with E-state index in [-0.39, 0.29) is 29.5 Å². The van der Waals surface area contributed by atoms with Gasteiger partial charge in [-0.25, -0.2) is 4.39 Å². The van der Waals surface area contributed by atoms with Crippen LogP contribution in [0.25, 0.3) is 11.0 Å². The number of amides is 2. The molecule has 24 heavy (non-hydrogen) atoms. The quantitative estimate of drug-likeness (QED) is 0.756. The third-order valence-corrected chi connectivity index (χ3v) is 3.51. The number of hydrogen-bond donors (Lipinski definition) is 2. The lowest BCUT2D eigenvalue weighted by Gasteiger charge is -2.07. The molecule has 0 spiro atoms. The number of hydrogen-bond acceptors (Lipinski definition) is 3. The van der Waals surface area contributed by atoms with Crippen molar-refractivity contribution in [2.24, 2.45) is 0 Å². The maximum atomic E-state index is 13.7. The smallest absolute Gasteiger partial charge is 0.293 e. The van der Waals surface area contributed by atoms with Gasteiger partial charge in [-0.1, -0.05) is 31.2 Å². The van der Waals surface area contributed by atoms with Crippen molar-refractivity contribution >= 4 is 34.2 Å². The van der Waals surface area contributed by atoms with Crippen LogP contribution in [0.5, 0.6) is 0 Å². The molecule has 2 N–H and O–H groups in total. The summed E-state index contributed by atoms with van der Waals surface area (Å²) < 4.78 is 19.3. The van der Waals surface area contributed by atoms with Crippen LogP contribution in [0, 0.1) is 5.82 Å². The highest BCUT2D eigenvalue weighted by Crippen LogP contribution is 2.31. The monoisotopic (exact) mass is 326 g/mol. The summed E-state index contributed by atoms with van der Waals surface area (Å²) in [4.78, 5) is 24.3. The summed E-state index contributed by atoms with van der Waals surface area (Å²) in [5, 5.41) is 5.75. The predicted molar refractivity (Wildman–Crippen MR) is 89.5 cm³/mol. The van der Waals surface area contributed by atoms with Crippen LogP contribution in [0.2, 0.25) is 0 Å². The summed E-state index contributed by atoms with van der Waals surface area (Å²) in [6, 6.07) is 12.8. The highest BCUT2D eigenvalue weighted by Gasteiger charge is 2.22. The number of nitrogens with one attached hydrogen (secondary N) is 2. The lowest BCUT2D eigenvalue weighted by atomic mass is 10.2. The zero-order chi connectivity index (χ0) is 17.1. The Hall–Kier alpha value is -3.15. The topological polar surface area (TPSA) is 71.3 Å². The van der Waals surface area contributed by atoms with E-state index in [1.807, 2.05) is 0 Å². The van der Waals surface area contributed by atoms with E-state index in [0.29, 0.717) is 11.0 Å². The van der Waals surface area contributed by atoms with E-state index in [9.17, 15) is 14.0 Å². The van der Waals surface area contributed by atoms with Crippen molar-refractivity contribution in [3.63, 3.8) is 0 Å². The van der Waals surface area contributed by atoms with E-state index in [4.69, 9.17) is 4.42 Å². The zero-order valence-electron chi connectivity index (χ0n) is 12.9. The fourth-order valence-electron chi connectivity index (χ4n) is 2.30.